The molecule has 3 heteroatoms. The van der Waals surface area contributed by atoms with Gasteiger partial charge >= 0.3 is 0 Å². The van der Waals surface area contributed by atoms with Gasteiger partial charge in [0, 0.05) is 20.8 Å². The van der Waals surface area contributed by atoms with E-state index in [1.165, 1.54) is 32.1 Å². The van der Waals surface area contributed by atoms with E-state index in [-0.39, 0.29) is 23.7 Å². The van der Waals surface area contributed by atoms with Crippen LogP contribution in [0.4, 0.5) is 0 Å². The average molecular weight is 300 g/mol. The highest BCUT2D eigenvalue weighted by molar-refractivity contribution is 4.95. The van der Waals surface area contributed by atoms with E-state index in [9.17, 15) is 0 Å². The molecule has 126 valence electrons. The molecule has 1 rings (SSSR count). The lowest BCUT2D eigenvalue weighted by Crippen LogP contribution is -2.53. The minimum Gasteiger partial charge on any atom is -0.378 e. The monoisotopic (exact) mass is 300 g/mol. The Morgan fingerprint density at radius 2 is 1.62 bits per heavy atom. The predicted molar refractivity (Wildman–Crippen MR) is 87.7 cm³/mol. The topological polar surface area (TPSA) is 27.7 Å². The van der Waals surface area contributed by atoms with Crippen molar-refractivity contribution in [2.24, 2.45) is 5.41 Å². The second-order valence-electron chi connectivity index (χ2n) is 7.06. The molecule has 1 fully saturated rings. The van der Waals surface area contributed by atoms with E-state index < -0.39 is 0 Å². The van der Waals surface area contributed by atoms with E-state index in [0.717, 1.165) is 25.9 Å². The highest BCUT2D eigenvalue weighted by Crippen LogP contribution is 2.39. The maximum absolute atomic E-state index is 6.11. The van der Waals surface area contributed by atoms with Gasteiger partial charge in [-0.15, -0.1) is 0 Å². The Morgan fingerprint density at radius 3 is 2.24 bits per heavy atom. The lowest BCUT2D eigenvalue weighted by molar-refractivity contribution is -0.178. The summed E-state index contributed by atoms with van der Waals surface area (Å²) in [7, 11) is 3.56. The summed E-state index contributed by atoms with van der Waals surface area (Å²) in [5, 5.41) is 0. The molecule has 0 spiro atoms. The molecule has 0 unspecified atom stereocenters. The molecule has 1 aliphatic rings. The first-order valence-electron chi connectivity index (χ1n) is 8.74. The Kier molecular flexibility index (Phi) is 8.84. The van der Waals surface area contributed by atoms with Crippen molar-refractivity contribution in [2.45, 2.75) is 90.4 Å². The van der Waals surface area contributed by atoms with Crippen molar-refractivity contribution in [2.75, 3.05) is 20.8 Å². The van der Waals surface area contributed by atoms with Gasteiger partial charge in [-0.2, -0.15) is 0 Å². The fraction of sp³-hybridized carbons (Fsp3) is 1.00. The summed E-state index contributed by atoms with van der Waals surface area (Å²) in [5.41, 5.74) is 0.162. The number of hydrogen-bond acceptors (Lipinski definition) is 3. The van der Waals surface area contributed by atoms with Crippen LogP contribution in [-0.2, 0) is 14.2 Å². The molecule has 3 nitrogen and oxygen atoms in total. The molecule has 0 saturated heterocycles. The Hall–Kier alpha value is -0.120. The zero-order chi connectivity index (χ0) is 15.7. The smallest absolute Gasteiger partial charge is 0.110 e. The summed E-state index contributed by atoms with van der Waals surface area (Å²) in [6.07, 6.45) is 10.4. The molecular weight excluding hydrogens is 264 g/mol. The fourth-order valence-corrected chi connectivity index (χ4v) is 3.48. The molecule has 3 atom stereocenters. The van der Waals surface area contributed by atoms with E-state index in [1.807, 2.05) is 0 Å². The minimum atomic E-state index is 0.0545. The number of ether oxygens (including phenoxy) is 3. The van der Waals surface area contributed by atoms with Gasteiger partial charge in [0.15, 0.2) is 0 Å². The van der Waals surface area contributed by atoms with Gasteiger partial charge in [-0.3, -0.25) is 0 Å². The molecule has 0 aromatic rings. The van der Waals surface area contributed by atoms with Crippen molar-refractivity contribution in [3.05, 3.63) is 0 Å². The van der Waals surface area contributed by atoms with Crippen LogP contribution in [0, 0.1) is 5.41 Å². The van der Waals surface area contributed by atoms with Crippen LogP contribution >= 0.6 is 0 Å². The highest BCUT2D eigenvalue weighted by atomic mass is 16.6. The van der Waals surface area contributed by atoms with Gasteiger partial charge in [-0.05, 0) is 24.7 Å². The Labute approximate surface area is 131 Å². The molecule has 0 aliphatic heterocycles. The summed E-state index contributed by atoms with van der Waals surface area (Å²) in [6.45, 7) is 7.63. The predicted octanol–water partition coefficient (Wildman–Crippen LogP) is 4.58. The van der Waals surface area contributed by atoms with Crippen LogP contribution in [0.15, 0.2) is 0 Å². The van der Waals surface area contributed by atoms with Crippen LogP contribution < -0.4 is 0 Å². The Morgan fingerprint density at radius 1 is 0.952 bits per heavy atom. The van der Waals surface area contributed by atoms with Crippen molar-refractivity contribution in [1.82, 2.24) is 0 Å². The third-order valence-corrected chi connectivity index (χ3v) is 4.86. The third-order valence-electron chi connectivity index (χ3n) is 4.86. The Balaban J connectivity index is 2.30. The van der Waals surface area contributed by atoms with E-state index in [4.69, 9.17) is 14.2 Å². The first kappa shape index (κ1) is 18.9. The van der Waals surface area contributed by atoms with E-state index in [0.29, 0.717) is 0 Å². The van der Waals surface area contributed by atoms with Gasteiger partial charge in [0.05, 0.1) is 12.2 Å². The van der Waals surface area contributed by atoms with E-state index in [2.05, 4.69) is 20.8 Å². The van der Waals surface area contributed by atoms with Gasteiger partial charge < -0.3 is 14.2 Å². The minimum absolute atomic E-state index is 0.0545. The average Bonchev–Trinajstić information content (AvgIpc) is 2.46. The summed E-state index contributed by atoms with van der Waals surface area (Å²) in [4.78, 5) is 0. The molecule has 1 aliphatic carbocycles. The van der Waals surface area contributed by atoms with Crippen molar-refractivity contribution in [3.8, 4) is 0 Å². The van der Waals surface area contributed by atoms with Crippen molar-refractivity contribution in [1.29, 1.82) is 0 Å². The third kappa shape index (κ3) is 5.88. The van der Waals surface area contributed by atoms with E-state index in [1.54, 1.807) is 14.2 Å². The summed E-state index contributed by atoms with van der Waals surface area (Å²) in [5.74, 6) is 0. The van der Waals surface area contributed by atoms with Gasteiger partial charge in [0.1, 0.15) is 6.10 Å². The van der Waals surface area contributed by atoms with Gasteiger partial charge in [-0.25, -0.2) is 0 Å². The second-order valence-corrected chi connectivity index (χ2v) is 7.06. The molecule has 0 aromatic heterocycles. The normalized spacial score (nSPS) is 28.7. The number of methoxy groups -OCH3 is 2. The van der Waals surface area contributed by atoms with Crippen LogP contribution in [0.3, 0.4) is 0 Å². The van der Waals surface area contributed by atoms with Crippen LogP contribution in [0.1, 0.15) is 72.1 Å². The van der Waals surface area contributed by atoms with Crippen molar-refractivity contribution >= 4 is 0 Å². The second kappa shape index (κ2) is 9.81. The first-order chi connectivity index (χ1) is 10.1. The largest absolute Gasteiger partial charge is 0.378 e. The molecule has 21 heavy (non-hydrogen) atoms. The molecule has 0 heterocycles. The molecular formula is C18H36O3. The number of unbranched alkanes of at least 4 members (excludes halogenated alkanes) is 5. The van der Waals surface area contributed by atoms with Crippen LogP contribution in [0.2, 0.25) is 0 Å². The van der Waals surface area contributed by atoms with Crippen LogP contribution in [0.25, 0.3) is 0 Å². The maximum Gasteiger partial charge on any atom is 0.110 e. The zero-order valence-electron chi connectivity index (χ0n) is 14.8. The summed E-state index contributed by atoms with van der Waals surface area (Å²) < 4.78 is 17.5. The van der Waals surface area contributed by atoms with Crippen molar-refractivity contribution < 1.29 is 14.2 Å². The molecule has 0 aromatic carbocycles. The zero-order valence-corrected chi connectivity index (χ0v) is 14.8. The van der Waals surface area contributed by atoms with E-state index >= 15 is 0 Å². The SMILES string of the molecule is CCCCCCCCO[C@@H]1CCC(C)(C)[C@@H](OC)[C@H]1OC. The maximum atomic E-state index is 6.11. The Bertz CT molecular complexity index is 265. The molecule has 0 N–H and O–H groups in total. The van der Waals surface area contributed by atoms with Crippen molar-refractivity contribution in [3.63, 3.8) is 0 Å². The van der Waals surface area contributed by atoms with Crippen LogP contribution in [0.5, 0.6) is 0 Å². The van der Waals surface area contributed by atoms with Gasteiger partial charge in [-0.1, -0.05) is 52.9 Å². The standard InChI is InChI=1S/C18H36O3/c1-6-7-8-9-10-11-14-21-15-12-13-18(2,3)17(20-5)16(15)19-4/h15-17H,6-14H2,1-5H3/t15-,16+,17+/m1/s1. The molecule has 0 amide bonds. The molecule has 1 saturated carbocycles. The molecule has 0 radical (unpaired) electrons. The summed E-state index contributed by atoms with van der Waals surface area (Å²) >= 11 is 0. The lowest BCUT2D eigenvalue weighted by Gasteiger charge is -2.46. The quantitative estimate of drug-likeness (QED) is 0.553. The van der Waals surface area contributed by atoms with Gasteiger partial charge in [0.2, 0.25) is 0 Å². The van der Waals surface area contributed by atoms with Gasteiger partial charge in [0.25, 0.3) is 0 Å². The lowest BCUT2D eigenvalue weighted by atomic mass is 9.72. The first-order valence-corrected chi connectivity index (χ1v) is 8.74. The number of rotatable bonds is 10. The number of hydrogen-bond donors (Lipinski definition) is 0. The van der Waals surface area contributed by atoms with Crippen LogP contribution in [-0.4, -0.2) is 39.1 Å². The summed E-state index contributed by atoms with van der Waals surface area (Å²) in [6, 6.07) is 0. The highest BCUT2D eigenvalue weighted by Gasteiger charge is 2.45. The fourth-order valence-electron chi connectivity index (χ4n) is 3.48. The molecule has 0 bridgehead atoms.